The number of carboxylic acid groups (broad SMARTS) is 1. The Bertz CT molecular complexity index is 1270. The molecule has 1 heterocycles. The number of carboxylic acids is 1. The van der Waals surface area contributed by atoms with Gasteiger partial charge in [0, 0.05) is 0 Å². The van der Waals surface area contributed by atoms with Gasteiger partial charge in [-0.3, -0.25) is 5.32 Å². The molecular formula is C26H26ClN3O7S. The van der Waals surface area contributed by atoms with E-state index in [1.807, 2.05) is 60.7 Å². The van der Waals surface area contributed by atoms with Crippen LogP contribution in [0.4, 0.5) is 9.93 Å². The largest absolute Gasteiger partial charge is 0.476 e. The summed E-state index contributed by atoms with van der Waals surface area (Å²) in [7, 11) is 0. The molecule has 2 aromatic carbocycles. The van der Waals surface area contributed by atoms with E-state index in [0.717, 1.165) is 22.5 Å². The molecule has 0 aliphatic carbocycles. The molecule has 12 heteroatoms. The summed E-state index contributed by atoms with van der Waals surface area (Å²) in [5.41, 5.74) is -0.171. The molecular weight excluding hydrogens is 534 g/mol. The van der Waals surface area contributed by atoms with Crippen LogP contribution in [0.3, 0.4) is 0 Å². The van der Waals surface area contributed by atoms with Gasteiger partial charge in [0.25, 0.3) is 0 Å². The summed E-state index contributed by atoms with van der Waals surface area (Å²) in [6.07, 6.45) is -2.77. The number of rotatable bonds is 9. The van der Waals surface area contributed by atoms with Gasteiger partial charge in [-0.2, -0.15) is 0 Å². The molecule has 38 heavy (non-hydrogen) atoms. The van der Waals surface area contributed by atoms with Crippen LogP contribution in [-0.4, -0.2) is 45.5 Å². The maximum absolute atomic E-state index is 12.9. The minimum Gasteiger partial charge on any atom is -0.476 e. The third-order valence-corrected chi connectivity index (χ3v) is 5.86. The van der Waals surface area contributed by atoms with Gasteiger partial charge < -0.3 is 19.4 Å². The SMILES string of the molecule is C[C@H](O/N=C(\C(=O)O)c1nc(NC(=O)OC(C)(C)C)sc1Cl)C(=O)OC(c1ccccc1)c1ccccc1. The zero-order valence-electron chi connectivity index (χ0n) is 21.0. The Labute approximate surface area is 228 Å². The van der Waals surface area contributed by atoms with Gasteiger partial charge in [0.2, 0.25) is 11.8 Å². The van der Waals surface area contributed by atoms with Gasteiger partial charge in [-0.25, -0.2) is 19.4 Å². The van der Waals surface area contributed by atoms with E-state index in [-0.39, 0.29) is 15.2 Å². The zero-order valence-corrected chi connectivity index (χ0v) is 22.6. The van der Waals surface area contributed by atoms with Gasteiger partial charge in [0.1, 0.15) is 15.6 Å². The van der Waals surface area contributed by atoms with Crippen molar-refractivity contribution in [2.24, 2.45) is 5.16 Å². The lowest BCUT2D eigenvalue weighted by Gasteiger charge is -2.20. The number of amides is 1. The van der Waals surface area contributed by atoms with Crippen molar-refractivity contribution in [1.82, 2.24) is 4.98 Å². The van der Waals surface area contributed by atoms with Crippen LogP contribution in [0.15, 0.2) is 65.8 Å². The summed E-state index contributed by atoms with van der Waals surface area (Å²) in [4.78, 5) is 45.9. The lowest BCUT2D eigenvalue weighted by molar-refractivity contribution is -0.160. The molecule has 0 unspecified atom stereocenters. The minimum atomic E-state index is -1.51. The number of oxime groups is 1. The zero-order chi connectivity index (χ0) is 27.9. The second kappa shape index (κ2) is 12.5. The van der Waals surface area contributed by atoms with Crippen molar-refractivity contribution in [3.05, 3.63) is 81.8 Å². The minimum absolute atomic E-state index is 0.00535. The predicted octanol–water partition coefficient (Wildman–Crippen LogP) is 5.67. The summed E-state index contributed by atoms with van der Waals surface area (Å²) < 4.78 is 10.8. The number of nitrogens with one attached hydrogen (secondary N) is 1. The molecule has 1 atom stereocenters. The molecule has 0 spiro atoms. The molecule has 3 aromatic rings. The highest BCUT2D eigenvalue weighted by Crippen LogP contribution is 2.30. The van der Waals surface area contributed by atoms with Crippen molar-refractivity contribution < 1.29 is 33.8 Å². The molecule has 1 amide bonds. The van der Waals surface area contributed by atoms with E-state index in [1.54, 1.807) is 20.8 Å². The maximum atomic E-state index is 12.9. The third-order valence-electron chi connectivity index (χ3n) is 4.69. The number of carbonyl (C=O) groups is 3. The first-order valence-corrected chi connectivity index (χ1v) is 12.6. The Kier molecular flexibility index (Phi) is 9.43. The summed E-state index contributed by atoms with van der Waals surface area (Å²) in [5.74, 6) is -2.28. The summed E-state index contributed by atoms with van der Waals surface area (Å²) >= 11 is 6.96. The molecule has 0 saturated heterocycles. The van der Waals surface area contributed by atoms with E-state index in [0.29, 0.717) is 0 Å². The highest BCUT2D eigenvalue weighted by atomic mass is 35.5. The molecule has 200 valence electrons. The number of ether oxygens (including phenoxy) is 2. The van der Waals surface area contributed by atoms with Gasteiger partial charge in [-0.1, -0.05) is 88.8 Å². The molecule has 0 aliphatic rings. The fourth-order valence-corrected chi connectivity index (χ4v) is 4.08. The lowest BCUT2D eigenvalue weighted by atomic mass is 10.0. The van der Waals surface area contributed by atoms with Crippen LogP contribution in [0.2, 0.25) is 4.34 Å². The monoisotopic (exact) mass is 559 g/mol. The fourth-order valence-electron chi connectivity index (χ4n) is 3.05. The van der Waals surface area contributed by atoms with E-state index >= 15 is 0 Å². The molecule has 1 aromatic heterocycles. The normalized spacial score (nSPS) is 12.5. The number of benzene rings is 2. The number of anilines is 1. The number of carbonyl (C=O) groups excluding carboxylic acids is 2. The van der Waals surface area contributed by atoms with Crippen molar-refractivity contribution >= 4 is 51.8 Å². The number of aromatic nitrogens is 1. The molecule has 0 aliphatic heterocycles. The van der Waals surface area contributed by atoms with E-state index in [1.165, 1.54) is 6.92 Å². The molecule has 0 fully saturated rings. The smallest absolute Gasteiger partial charge is 0.413 e. The number of aliphatic carboxylic acids is 1. The Balaban J connectivity index is 1.75. The number of nitrogens with zero attached hydrogens (tertiary/aromatic N) is 2. The van der Waals surface area contributed by atoms with Gasteiger partial charge >= 0.3 is 18.0 Å². The van der Waals surface area contributed by atoms with Crippen LogP contribution < -0.4 is 5.32 Å². The van der Waals surface area contributed by atoms with Gasteiger partial charge in [0.05, 0.1) is 0 Å². The highest BCUT2D eigenvalue weighted by Gasteiger charge is 2.27. The van der Waals surface area contributed by atoms with E-state index in [2.05, 4.69) is 15.5 Å². The van der Waals surface area contributed by atoms with Gasteiger partial charge in [0.15, 0.2) is 11.2 Å². The van der Waals surface area contributed by atoms with E-state index in [9.17, 15) is 19.5 Å². The second-order valence-corrected chi connectivity index (χ2v) is 10.5. The molecule has 0 radical (unpaired) electrons. The van der Waals surface area contributed by atoms with Crippen LogP contribution >= 0.6 is 22.9 Å². The van der Waals surface area contributed by atoms with Crippen LogP contribution in [-0.2, 0) is 23.9 Å². The standard InChI is InChI=1S/C26H26ClN3O7S/c1-15(23(33)35-20(16-11-7-5-8-12-16)17-13-9-6-10-14-17)37-30-19(22(31)32)18-21(27)38-24(28-18)29-25(34)36-26(2,3)4/h5-15,20H,1-4H3,(H,31,32)(H,28,29,34)/b30-19-/t15-/m0/s1. The van der Waals surface area contributed by atoms with E-state index < -0.39 is 41.6 Å². The number of esters is 1. The second-order valence-electron chi connectivity index (χ2n) is 8.90. The maximum Gasteiger partial charge on any atom is 0.413 e. The lowest BCUT2D eigenvalue weighted by Crippen LogP contribution is -2.27. The average molecular weight is 560 g/mol. The Morgan fingerprint density at radius 1 is 1.03 bits per heavy atom. The fraction of sp³-hybridized carbons (Fsp3) is 0.269. The highest BCUT2D eigenvalue weighted by molar-refractivity contribution is 7.20. The Hall–Kier alpha value is -3.96. The van der Waals surface area contributed by atoms with Crippen LogP contribution in [0, 0.1) is 0 Å². The van der Waals surface area contributed by atoms with Crippen molar-refractivity contribution in [2.45, 2.75) is 45.5 Å². The van der Waals surface area contributed by atoms with Crippen molar-refractivity contribution in [1.29, 1.82) is 0 Å². The van der Waals surface area contributed by atoms with Crippen LogP contribution in [0.5, 0.6) is 0 Å². The molecule has 0 bridgehead atoms. The molecule has 0 saturated carbocycles. The number of halogens is 1. The Morgan fingerprint density at radius 3 is 2.08 bits per heavy atom. The summed E-state index contributed by atoms with van der Waals surface area (Å²) in [6, 6.07) is 18.3. The van der Waals surface area contributed by atoms with Gasteiger partial charge in [-0.15, -0.1) is 0 Å². The van der Waals surface area contributed by atoms with Gasteiger partial charge in [-0.05, 0) is 38.8 Å². The molecule has 3 rings (SSSR count). The number of hydrogen-bond donors (Lipinski definition) is 2. The van der Waals surface area contributed by atoms with E-state index in [4.69, 9.17) is 25.9 Å². The Morgan fingerprint density at radius 2 is 1.58 bits per heavy atom. The first kappa shape index (κ1) is 28.6. The first-order chi connectivity index (χ1) is 17.9. The molecule has 2 N–H and O–H groups in total. The van der Waals surface area contributed by atoms with Crippen molar-refractivity contribution in [3.63, 3.8) is 0 Å². The predicted molar refractivity (Wildman–Crippen MR) is 143 cm³/mol. The summed E-state index contributed by atoms with van der Waals surface area (Å²) in [5, 5.41) is 15.7. The molecule has 10 nitrogen and oxygen atoms in total. The van der Waals surface area contributed by atoms with Crippen molar-refractivity contribution in [2.75, 3.05) is 5.32 Å². The number of thiazole rings is 1. The summed E-state index contributed by atoms with van der Waals surface area (Å²) in [6.45, 7) is 6.44. The van der Waals surface area contributed by atoms with Crippen LogP contribution in [0.1, 0.15) is 50.6 Å². The van der Waals surface area contributed by atoms with Crippen LogP contribution in [0.25, 0.3) is 0 Å². The number of hydrogen-bond acceptors (Lipinski definition) is 9. The topological polar surface area (TPSA) is 136 Å². The quantitative estimate of drug-likeness (QED) is 0.194. The van der Waals surface area contributed by atoms with Crippen molar-refractivity contribution in [3.8, 4) is 0 Å². The average Bonchev–Trinajstić information content (AvgIpc) is 3.21. The first-order valence-electron chi connectivity index (χ1n) is 11.4. The third kappa shape index (κ3) is 8.02.